The molecule has 2 nitrogen and oxygen atoms in total. The van der Waals surface area contributed by atoms with Crippen molar-refractivity contribution in [3.63, 3.8) is 0 Å². The number of rotatable bonds is 3. The van der Waals surface area contributed by atoms with Crippen LogP contribution in [-0.2, 0) is 0 Å². The highest BCUT2D eigenvalue weighted by Crippen LogP contribution is 2.31. The van der Waals surface area contributed by atoms with Gasteiger partial charge in [-0.3, -0.25) is 0 Å². The van der Waals surface area contributed by atoms with E-state index in [-0.39, 0.29) is 5.54 Å². The van der Waals surface area contributed by atoms with Gasteiger partial charge < -0.3 is 5.32 Å². The van der Waals surface area contributed by atoms with Gasteiger partial charge in [-0.15, -0.1) is 11.3 Å². The second-order valence-electron chi connectivity index (χ2n) is 5.72. The van der Waals surface area contributed by atoms with E-state index in [0.717, 1.165) is 11.6 Å². The van der Waals surface area contributed by atoms with Gasteiger partial charge in [-0.05, 0) is 25.7 Å². The van der Waals surface area contributed by atoms with Gasteiger partial charge in [0.1, 0.15) is 5.15 Å². The minimum atomic E-state index is 0.0411. The number of hydrogen-bond donors (Lipinski definition) is 1. The average Bonchev–Trinajstić information content (AvgIpc) is 2.27. The molecule has 1 heterocycles. The molecule has 0 unspecified atom stereocenters. The molecule has 4 heteroatoms. The summed E-state index contributed by atoms with van der Waals surface area (Å²) >= 11 is 7.33. The molecule has 0 saturated heterocycles. The first-order valence-corrected chi connectivity index (χ1v) is 6.33. The molecule has 15 heavy (non-hydrogen) atoms. The van der Waals surface area contributed by atoms with E-state index in [2.05, 4.69) is 44.9 Å². The van der Waals surface area contributed by atoms with Crippen molar-refractivity contribution in [3.05, 3.63) is 10.5 Å². The first kappa shape index (κ1) is 12.8. The van der Waals surface area contributed by atoms with Crippen molar-refractivity contribution in [1.29, 1.82) is 0 Å². The minimum absolute atomic E-state index is 0.0411. The van der Waals surface area contributed by atoms with Crippen LogP contribution >= 0.6 is 22.9 Å². The molecule has 1 N–H and O–H groups in total. The van der Waals surface area contributed by atoms with Gasteiger partial charge in [-0.2, -0.15) is 0 Å². The fraction of sp³-hybridized carbons (Fsp3) is 0.727. The summed E-state index contributed by atoms with van der Waals surface area (Å²) in [6, 6.07) is 0. The Balaban J connectivity index is 2.64. The van der Waals surface area contributed by atoms with Crippen LogP contribution in [0.15, 0.2) is 5.38 Å². The van der Waals surface area contributed by atoms with Gasteiger partial charge in [0.15, 0.2) is 5.13 Å². The minimum Gasteiger partial charge on any atom is -0.357 e. The Morgan fingerprint density at radius 2 is 1.93 bits per heavy atom. The molecule has 1 rings (SSSR count). The van der Waals surface area contributed by atoms with Crippen molar-refractivity contribution in [2.24, 2.45) is 5.41 Å². The molecule has 0 aliphatic carbocycles. The van der Waals surface area contributed by atoms with E-state index in [0.29, 0.717) is 10.6 Å². The van der Waals surface area contributed by atoms with Crippen LogP contribution in [0.3, 0.4) is 0 Å². The SMILES string of the molecule is CC(C)(C)CC(C)(C)Nc1nc(Cl)cs1. The van der Waals surface area contributed by atoms with Crippen LogP contribution in [0.5, 0.6) is 0 Å². The van der Waals surface area contributed by atoms with Crippen LogP contribution < -0.4 is 5.32 Å². The number of nitrogens with zero attached hydrogens (tertiary/aromatic N) is 1. The monoisotopic (exact) mass is 246 g/mol. The van der Waals surface area contributed by atoms with Gasteiger partial charge in [0.05, 0.1) is 0 Å². The maximum Gasteiger partial charge on any atom is 0.184 e. The number of anilines is 1. The molecule has 0 radical (unpaired) electrons. The van der Waals surface area contributed by atoms with Crippen LogP contribution in [0.2, 0.25) is 5.15 Å². The van der Waals surface area contributed by atoms with Crippen LogP contribution in [0.1, 0.15) is 41.0 Å². The zero-order valence-corrected chi connectivity index (χ0v) is 11.6. The third-order valence-electron chi connectivity index (χ3n) is 1.89. The lowest BCUT2D eigenvalue weighted by Crippen LogP contribution is -2.35. The Labute approximate surface area is 101 Å². The maximum absolute atomic E-state index is 5.78. The highest BCUT2D eigenvalue weighted by Gasteiger charge is 2.25. The Bertz CT molecular complexity index is 326. The summed E-state index contributed by atoms with van der Waals surface area (Å²) in [5.41, 5.74) is 0.344. The lowest BCUT2D eigenvalue weighted by atomic mass is 9.82. The van der Waals surface area contributed by atoms with Crippen molar-refractivity contribution in [2.45, 2.75) is 46.6 Å². The largest absolute Gasteiger partial charge is 0.357 e. The topological polar surface area (TPSA) is 24.9 Å². The molecular formula is C11H19ClN2S. The van der Waals surface area contributed by atoms with E-state index in [1.807, 2.05) is 5.38 Å². The Hall–Kier alpha value is -0.280. The zero-order chi connectivity index (χ0) is 11.7. The van der Waals surface area contributed by atoms with E-state index < -0.39 is 0 Å². The first-order valence-electron chi connectivity index (χ1n) is 5.07. The number of thiazole rings is 1. The van der Waals surface area contributed by atoms with Gasteiger partial charge in [-0.1, -0.05) is 32.4 Å². The average molecular weight is 247 g/mol. The molecule has 0 atom stereocenters. The molecule has 0 amide bonds. The molecule has 0 spiro atoms. The summed E-state index contributed by atoms with van der Waals surface area (Å²) in [5.74, 6) is 0. The lowest BCUT2D eigenvalue weighted by Gasteiger charge is -2.33. The summed E-state index contributed by atoms with van der Waals surface area (Å²) in [5, 5.41) is 6.72. The quantitative estimate of drug-likeness (QED) is 0.854. The Morgan fingerprint density at radius 1 is 1.33 bits per heavy atom. The highest BCUT2D eigenvalue weighted by atomic mass is 35.5. The molecule has 0 aliphatic heterocycles. The van der Waals surface area contributed by atoms with Gasteiger partial charge in [0.2, 0.25) is 0 Å². The normalized spacial score (nSPS) is 12.9. The molecule has 0 bridgehead atoms. The van der Waals surface area contributed by atoms with Crippen LogP contribution in [0.4, 0.5) is 5.13 Å². The van der Waals surface area contributed by atoms with Gasteiger partial charge >= 0.3 is 0 Å². The smallest absolute Gasteiger partial charge is 0.184 e. The van der Waals surface area contributed by atoms with Gasteiger partial charge in [0.25, 0.3) is 0 Å². The summed E-state index contributed by atoms with van der Waals surface area (Å²) in [7, 11) is 0. The van der Waals surface area contributed by atoms with Crippen LogP contribution in [-0.4, -0.2) is 10.5 Å². The lowest BCUT2D eigenvalue weighted by molar-refractivity contribution is 0.302. The molecule has 0 aromatic carbocycles. The first-order chi connectivity index (χ1) is 6.68. The van der Waals surface area contributed by atoms with Crippen LogP contribution in [0.25, 0.3) is 0 Å². The predicted molar refractivity (Wildman–Crippen MR) is 68.9 cm³/mol. The maximum atomic E-state index is 5.78. The number of nitrogens with one attached hydrogen (secondary N) is 1. The second kappa shape index (κ2) is 4.30. The zero-order valence-electron chi connectivity index (χ0n) is 10.0. The summed E-state index contributed by atoms with van der Waals surface area (Å²) < 4.78 is 0. The second-order valence-corrected chi connectivity index (χ2v) is 6.97. The fourth-order valence-electron chi connectivity index (χ4n) is 1.97. The molecule has 1 aromatic rings. The van der Waals surface area contributed by atoms with Crippen LogP contribution in [0, 0.1) is 5.41 Å². The van der Waals surface area contributed by atoms with E-state index in [9.17, 15) is 0 Å². The summed E-state index contributed by atoms with van der Waals surface area (Å²) in [4.78, 5) is 4.20. The molecule has 0 aliphatic rings. The molecule has 0 saturated carbocycles. The number of aromatic nitrogens is 1. The van der Waals surface area contributed by atoms with E-state index in [4.69, 9.17) is 11.6 Å². The Kier molecular flexibility index (Phi) is 3.67. The van der Waals surface area contributed by atoms with Gasteiger partial charge in [-0.25, -0.2) is 4.98 Å². The summed E-state index contributed by atoms with van der Waals surface area (Å²) in [6.45, 7) is 11.1. The van der Waals surface area contributed by atoms with Crippen molar-refractivity contribution in [2.75, 3.05) is 5.32 Å². The predicted octanol–water partition coefficient (Wildman–Crippen LogP) is 4.42. The number of hydrogen-bond acceptors (Lipinski definition) is 3. The van der Waals surface area contributed by atoms with Crippen molar-refractivity contribution in [1.82, 2.24) is 4.98 Å². The van der Waals surface area contributed by atoms with Crippen molar-refractivity contribution in [3.8, 4) is 0 Å². The molecule has 1 aromatic heterocycles. The van der Waals surface area contributed by atoms with Gasteiger partial charge in [0, 0.05) is 10.9 Å². The van der Waals surface area contributed by atoms with Crippen molar-refractivity contribution < 1.29 is 0 Å². The molecular weight excluding hydrogens is 228 g/mol. The van der Waals surface area contributed by atoms with E-state index in [1.54, 1.807) is 11.3 Å². The third-order valence-corrected chi connectivity index (χ3v) is 2.97. The highest BCUT2D eigenvalue weighted by molar-refractivity contribution is 7.14. The van der Waals surface area contributed by atoms with E-state index in [1.165, 1.54) is 0 Å². The summed E-state index contributed by atoms with van der Waals surface area (Å²) in [6.07, 6.45) is 1.08. The van der Waals surface area contributed by atoms with E-state index >= 15 is 0 Å². The molecule has 86 valence electrons. The molecule has 0 fully saturated rings. The standard InChI is InChI=1S/C11H19ClN2S/c1-10(2,3)7-11(4,5)14-9-13-8(12)6-15-9/h6H,7H2,1-5H3,(H,13,14). The fourth-order valence-corrected chi connectivity index (χ4v) is 2.99. The number of halogens is 1. The Morgan fingerprint density at radius 3 is 2.33 bits per heavy atom. The third kappa shape index (κ3) is 4.85. The van der Waals surface area contributed by atoms with Crippen molar-refractivity contribution >= 4 is 28.1 Å².